The maximum absolute atomic E-state index is 12.8. The third kappa shape index (κ3) is 3.58. The largest absolute Gasteiger partial charge is 0.336 e. The van der Waals surface area contributed by atoms with Gasteiger partial charge in [0.1, 0.15) is 0 Å². The number of rotatable bonds is 4. The molecular formula is C19H21BrN4O2. The van der Waals surface area contributed by atoms with Crippen LogP contribution in [0.25, 0.3) is 0 Å². The Morgan fingerprint density at radius 3 is 2.85 bits per heavy atom. The number of carbonyl (C=O) groups excluding carboxylic acids is 2. The lowest BCUT2D eigenvalue weighted by Gasteiger charge is -2.29. The smallest absolute Gasteiger partial charge is 0.253 e. The molecule has 0 atom stereocenters. The zero-order valence-corrected chi connectivity index (χ0v) is 16.5. The number of aromatic nitrogens is 2. The number of hydrogen-bond acceptors (Lipinski definition) is 3. The second-order valence-electron chi connectivity index (χ2n) is 6.40. The zero-order chi connectivity index (χ0) is 18.8. The molecule has 0 saturated heterocycles. The summed E-state index contributed by atoms with van der Waals surface area (Å²) in [5, 5.41) is 4.36. The van der Waals surface area contributed by atoms with Gasteiger partial charge >= 0.3 is 0 Å². The van der Waals surface area contributed by atoms with Gasteiger partial charge in [0.25, 0.3) is 5.91 Å². The fourth-order valence-corrected chi connectivity index (χ4v) is 3.70. The number of carbonyl (C=O) groups is 2. The van der Waals surface area contributed by atoms with Crippen LogP contribution < -0.4 is 4.90 Å². The molecule has 2 aromatic rings. The average molecular weight is 417 g/mol. The van der Waals surface area contributed by atoms with Crippen molar-refractivity contribution in [2.75, 3.05) is 18.5 Å². The van der Waals surface area contributed by atoms with Crippen LogP contribution in [0.5, 0.6) is 0 Å². The number of aryl methyl sites for hydroxylation is 2. The minimum Gasteiger partial charge on any atom is -0.336 e. The maximum Gasteiger partial charge on any atom is 0.253 e. The first-order valence-corrected chi connectivity index (χ1v) is 9.20. The van der Waals surface area contributed by atoms with Gasteiger partial charge in [-0.1, -0.05) is 6.58 Å². The zero-order valence-electron chi connectivity index (χ0n) is 14.9. The number of hydrogen-bond donors (Lipinski definition) is 0. The van der Waals surface area contributed by atoms with Crippen molar-refractivity contribution in [3.05, 3.63) is 58.3 Å². The molecule has 0 aliphatic carbocycles. The summed E-state index contributed by atoms with van der Waals surface area (Å²) in [7, 11) is 3.60. The van der Waals surface area contributed by atoms with E-state index in [-0.39, 0.29) is 11.8 Å². The molecule has 0 bridgehead atoms. The van der Waals surface area contributed by atoms with Gasteiger partial charge < -0.3 is 9.80 Å². The molecule has 6 nitrogen and oxygen atoms in total. The van der Waals surface area contributed by atoms with E-state index in [0.29, 0.717) is 18.7 Å². The van der Waals surface area contributed by atoms with E-state index in [9.17, 15) is 9.59 Å². The highest BCUT2D eigenvalue weighted by molar-refractivity contribution is 9.10. The average Bonchev–Trinajstić information content (AvgIpc) is 2.96. The summed E-state index contributed by atoms with van der Waals surface area (Å²) in [5.74, 6) is -0.181. The summed E-state index contributed by atoms with van der Waals surface area (Å²) < 4.78 is 2.59. The highest BCUT2D eigenvalue weighted by Crippen LogP contribution is 2.29. The number of nitrogens with zero attached hydrogens (tertiary/aromatic N) is 4. The summed E-state index contributed by atoms with van der Waals surface area (Å²) in [6, 6.07) is 5.53. The Hall–Kier alpha value is -2.41. The third-order valence-corrected chi connectivity index (χ3v) is 5.14. The van der Waals surface area contributed by atoms with Crippen LogP contribution in [0.3, 0.4) is 0 Å². The van der Waals surface area contributed by atoms with Crippen molar-refractivity contribution in [1.29, 1.82) is 0 Å². The lowest BCUT2D eigenvalue weighted by Crippen LogP contribution is -2.34. The van der Waals surface area contributed by atoms with Crippen molar-refractivity contribution in [1.82, 2.24) is 14.7 Å². The van der Waals surface area contributed by atoms with E-state index < -0.39 is 0 Å². The molecule has 0 unspecified atom stereocenters. The number of halogens is 1. The molecule has 136 valence electrons. The van der Waals surface area contributed by atoms with Gasteiger partial charge in [-0.25, -0.2) is 0 Å². The Morgan fingerprint density at radius 2 is 2.19 bits per heavy atom. The molecule has 1 aromatic carbocycles. The number of fused-ring (bicyclic) bond motifs is 1. The summed E-state index contributed by atoms with van der Waals surface area (Å²) >= 11 is 3.46. The maximum atomic E-state index is 12.8. The SMILES string of the molecule is C=CC(=O)N1CCCc2cc(C(=O)N(C)Cc3nn(C)cc3Br)ccc21. The predicted octanol–water partition coefficient (Wildman–Crippen LogP) is 2.92. The minimum absolute atomic E-state index is 0.0717. The summed E-state index contributed by atoms with van der Waals surface area (Å²) in [4.78, 5) is 28.2. The van der Waals surface area contributed by atoms with Crippen LogP contribution >= 0.6 is 15.9 Å². The molecule has 2 amide bonds. The lowest BCUT2D eigenvalue weighted by atomic mass is 9.98. The Labute approximate surface area is 161 Å². The molecule has 2 heterocycles. The monoisotopic (exact) mass is 416 g/mol. The summed E-state index contributed by atoms with van der Waals surface area (Å²) in [5.41, 5.74) is 3.31. The Bertz CT molecular complexity index is 874. The lowest BCUT2D eigenvalue weighted by molar-refractivity contribution is -0.114. The van der Waals surface area contributed by atoms with E-state index in [2.05, 4.69) is 27.6 Å². The molecule has 3 rings (SSSR count). The van der Waals surface area contributed by atoms with Crippen LogP contribution in [-0.4, -0.2) is 40.1 Å². The highest BCUT2D eigenvalue weighted by Gasteiger charge is 2.23. The van der Waals surface area contributed by atoms with Crippen molar-refractivity contribution in [2.45, 2.75) is 19.4 Å². The summed E-state index contributed by atoms with van der Waals surface area (Å²) in [6.45, 7) is 4.66. The van der Waals surface area contributed by atoms with E-state index in [1.54, 1.807) is 27.6 Å². The third-order valence-electron chi connectivity index (χ3n) is 4.47. The first kappa shape index (κ1) is 18.4. The van der Waals surface area contributed by atoms with Crippen LogP contribution in [0.15, 0.2) is 41.5 Å². The Balaban J connectivity index is 1.81. The molecule has 0 saturated carbocycles. The highest BCUT2D eigenvalue weighted by atomic mass is 79.9. The molecule has 0 radical (unpaired) electrons. The van der Waals surface area contributed by atoms with Gasteiger partial charge in [-0.15, -0.1) is 0 Å². The number of anilines is 1. The second kappa shape index (κ2) is 7.45. The van der Waals surface area contributed by atoms with Gasteiger partial charge in [-0.05, 0) is 58.6 Å². The van der Waals surface area contributed by atoms with Crippen molar-refractivity contribution < 1.29 is 9.59 Å². The number of amides is 2. The number of benzene rings is 1. The first-order chi connectivity index (χ1) is 12.4. The van der Waals surface area contributed by atoms with Crippen molar-refractivity contribution in [3.8, 4) is 0 Å². The van der Waals surface area contributed by atoms with E-state index in [1.807, 2.05) is 25.4 Å². The Morgan fingerprint density at radius 1 is 1.42 bits per heavy atom. The molecule has 7 heteroatoms. The molecule has 0 fully saturated rings. The van der Waals surface area contributed by atoms with Crippen molar-refractivity contribution >= 4 is 33.4 Å². The quantitative estimate of drug-likeness (QED) is 0.719. The molecule has 1 aliphatic heterocycles. The standard InChI is InChI=1S/C19H21BrN4O2/c1-4-18(25)24-9-5-6-13-10-14(7-8-17(13)24)19(26)22(2)12-16-15(20)11-23(3)21-16/h4,7-8,10-11H,1,5-6,9,12H2,2-3H3. The second-order valence-corrected chi connectivity index (χ2v) is 7.25. The minimum atomic E-state index is -0.109. The first-order valence-electron chi connectivity index (χ1n) is 8.41. The van der Waals surface area contributed by atoms with E-state index >= 15 is 0 Å². The van der Waals surface area contributed by atoms with Crippen LogP contribution in [-0.2, 0) is 24.8 Å². The van der Waals surface area contributed by atoms with Gasteiger partial charge in [0, 0.05) is 38.1 Å². The molecule has 26 heavy (non-hydrogen) atoms. The summed E-state index contributed by atoms with van der Waals surface area (Å²) in [6.07, 6.45) is 4.91. The normalized spacial score (nSPS) is 13.3. The fourth-order valence-electron chi connectivity index (χ4n) is 3.20. The van der Waals surface area contributed by atoms with E-state index in [4.69, 9.17) is 0 Å². The predicted molar refractivity (Wildman–Crippen MR) is 104 cm³/mol. The fraction of sp³-hybridized carbons (Fsp3) is 0.316. The van der Waals surface area contributed by atoms with Crippen LogP contribution in [0, 0.1) is 0 Å². The van der Waals surface area contributed by atoms with Crippen LogP contribution in [0.1, 0.15) is 28.0 Å². The van der Waals surface area contributed by atoms with Gasteiger partial charge in [-0.2, -0.15) is 5.10 Å². The van der Waals surface area contributed by atoms with Gasteiger partial charge in [0.2, 0.25) is 5.91 Å². The molecule has 0 N–H and O–H groups in total. The van der Waals surface area contributed by atoms with E-state index in [0.717, 1.165) is 34.3 Å². The van der Waals surface area contributed by atoms with E-state index in [1.165, 1.54) is 6.08 Å². The van der Waals surface area contributed by atoms with Crippen molar-refractivity contribution in [2.24, 2.45) is 7.05 Å². The molecule has 0 spiro atoms. The molecule has 1 aromatic heterocycles. The van der Waals surface area contributed by atoms with Gasteiger partial charge in [0.15, 0.2) is 0 Å². The molecule has 1 aliphatic rings. The van der Waals surface area contributed by atoms with Crippen LogP contribution in [0.4, 0.5) is 5.69 Å². The van der Waals surface area contributed by atoms with Crippen LogP contribution in [0.2, 0.25) is 0 Å². The Kier molecular flexibility index (Phi) is 5.27. The topological polar surface area (TPSA) is 58.4 Å². The van der Waals surface area contributed by atoms with Crippen molar-refractivity contribution in [3.63, 3.8) is 0 Å². The molecular weight excluding hydrogens is 396 g/mol. The van der Waals surface area contributed by atoms with Gasteiger partial charge in [0.05, 0.1) is 16.7 Å². The van der Waals surface area contributed by atoms with Gasteiger partial charge in [-0.3, -0.25) is 14.3 Å².